The zero-order valence-electron chi connectivity index (χ0n) is 12.8. The van der Waals surface area contributed by atoms with Crippen molar-refractivity contribution in [3.8, 4) is 0 Å². The maximum atomic E-state index is 6.50. The Bertz CT molecular complexity index is 554. The number of hydrogen-bond donors (Lipinski definition) is 1. The van der Waals surface area contributed by atoms with Gasteiger partial charge in [0.15, 0.2) is 0 Å². The summed E-state index contributed by atoms with van der Waals surface area (Å²) in [4.78, 5) is 2.27. The van der Waals surface area contributed by atoms with Gasteiger partial charge in [0.1, 0.15) is 0 Å². The molecule has 0 amide bonds. The summed E-state index contributed by atoms with van der Waals surface area (Å²) in [5, 5.41) is 4.27. The highest BCUT2D eigenvalue weighted by Gasteiger charge is 2.15. The van der Waals surface area contributed by atoms with Gasteiger partial charge in [-0.05, 0) is 43.7 Å². The molecule has 21 heavy (non-hydrogen) atoms. The van der Waals surface area contributed by atoms with E-state index in [0.717, 1.165) is 36.8 Å². The molecule has 0 fully saturated rings. The predicted octanol–water partition coefficient (Wildman–Crippen LogP) is 5.00. The molecule has 2 nitrogen and oxygen atoms in total. The molecule has 0 atom stereocenters. The summed E-state index contributed by atoms with van der Waals surface area (Å²) in [6.45, 7) is 7.07. The number of nitrogens with one attached hydrogen (secondary N) is 1. The van der Waals surface area contributed by atoms with Crippen LogP contribution in [0.1, 0.15) is 25.8 Å². The predicted molar refractivity (Wildman–Crippen MR) is 92.6 cm³/mol. The van der Waals surface area contributed by atoms with Gasteiger partial charge in [-0.25, -0.2) is 0 Å². The molecule has 3 heteroatoms. The molecule has 2 aromatic rings. The minimum Gasteiger partial charge on any atom is -0.340 e. The molecule has 0 aliphatic heterocycles. The van der Waals surface area contributed by atoms with Gasteiger partial charge in [-0.2, -0.15) is 0 Å². The maximum Gasteiger partial charge on any atom is 0.0646 e. The molecule has 0 saturated heterocycles. The third-order valence-corrected chi connectivity index (χ3v) is 3.77. The van der Waals surface area contributed by atoms with Crippen LogP contribution < -0.4 is 10.2 Å². The van der Waals surface area contributed by atoms with Crippen molar-refractivity contribution in [3.63, 3.8) is 0 Å². The lowest BCUT2D eigenvalue weighted by molar-refractivity contribution is 0.675. The SMILES string of the molecule is CCCNCc1cccc(Cl)c1N(CC)c1ccccc1. The lowest BCUT2D eigenvalue weighted by atomic mass is 10.1. The summed E-state index contributed by atoms with van der Waals surface area (Å²) >= 11 is 6.50. The van der Waals surface area contributed by atoms with E-state index in [2.05, 4.69) is 54.4 Å². The largest absolute Gasteiger partial charge is 0.340 e. The number of hydrogen-bond acceptors (Lipinski definition) is 2. The Morgan fingerprint density at radius 1 is 1.00 bits per heavy atom. The minimum absolute atomic E-state index is 0.802. The second kappa shape index (κ2) is 8.06. The molecular formula is C18H23ClN2. The lowest BCUT2D eigenvalue weighted by Gasteiger charge is -2.27. The van der Waals surface area contributed by atoms with Gasteiger partial charge in [-0.1, -0.05) is 48.9 Å². The van der Waals surface area contributed by atoms with E-state index >= 15 is 0 Å². The molecule has 0 aliphatic carbocycles. The van der Waals surface area contributed by atoms with Gasteiger partial charge in [0, 0.05) is 18.8 Å². The van der Waals surface area contributed by atoms with Crippen LogP contribution in [0.4, 0.5) is 11.4 Å². The topological polar surface area (TPSA) is 15.3 Å². The molecule has 112 valence electrons. The van der Waals surface area contributed by atoms with Gasteiger partial charge in [-0.15, -0.1) is 0 Å². The molecule has 0 saturated carbocycles. The van der Waals surface area contributed by atoms with Gasteiger partial charge in [-0.3, -0.25) is 0 Å². The van der Waals surface area contributed by atoms with Crippen molar-refractivity contribution >= 4 is 23.0 Å². The Morgan fingerprint density at radius 3 is 2.43 bits per heavy atom. The van der Waals surface area contributed by atoms with Crippen LogP contribution in [0.5, 0.6) is 0 Å². The molecule has 0 aliphatic rings. The summed E-state index contributed by atoms with van der Waals surface area (Å²) in [5.41, 5.74) is 3.52. The van der Waals surface area contributed by atoms with Crippen molar-refractivity contribution in [2.45, 2.75) is 26.8 Å². The number of benzene rings is 2. The fourth-order valence-electron chi connectivity index (χ4n) is 2.48. The third kappa shape index (κ3) is 3.99. The Hall–Kier alpha value is -1.51. The van der Waals surface area contributed by atoms with Crippen molar-refractivity contribution in [1.29, 1.82) is 0 Å². The van der Waals surface area contributed by atoms with Crippen LogP contribution in [-0.2, 0) is 6.54 Å². The molecule has 0 heterocycles. The van der Waals surface area contributed by atoms with Gasteiger partial charge in [0.25, 0.3) is 0 Å². The second-order valence-corrected chi connectivity index (χ2v) is 5.41. The van der Waals surface area contributed by atoms with E-state index in [1.54, 1.807) is 0 Å². The van der Waals surface area contributed by atoms with Gasteiger partial charge in [0.2, 0.25) is 0 Å². The zero-order chi connectivity index (χ0) is 15.1. The normalized spacial score (nSPS) is 10.6. The second-order valence-electron chi connectivity index (χ2n) is 5.00. The van der Waals surface area contributed by atoms with E-state index in [0.29, 0.717) is 0 Å². The Balaban J connectivity index is 2.35. The van der Waals surface area contributed by atoms with E-state index < -0.39 is 0 Å². The van der Waals surface area contributed by atoms with Crippen LogP contribution in [0.3, 0.4) is 0 Å². The number of nitrogens with zero attached hydrogens (tertiary/aromatic N) is 1. The number of anilines is 2. The first kappa shape index (κ1) is 15.9. The summed E-state index contributed by atoms with van der Waals surface area (Å²) < 4.78 is 0. The quantitative estimate of drug-likeness (QED) is 0.724. The Kier molecular flexibility index (Phi) is 6.09. The number of rotatable bonds is 7. The molecule has 0 spiro atoms. The summed E-state index contributed by atoms with van der Waals surface area (Å²) in [6, 6.07) is 16.5. The van der Waals surface area contributed by atoms with E-state index in [4.69, 9.17) is 11.6 Å². The van der Waals surface area contributed by atoms with Crippen LogP contribution in [-0.4, -0.2) is 13.1 Å². The fraction of sp³-hybridized carbons (Fsp3) is 0.333. The van der Waals surface area contributed by atoms with Crippen LogP contribution in [0, 0.1) is 0 Å². The van der Waals surface area contributed by atoms with E-state index in [-0.39, 0.29) is 0 Å². The molecular weight excluding hydrogens is 280 g/mol. The van der Waals surface area contributed by atoms with Crippen LogP contribution in [0.15, 0.2) is 48.5 Å². The maximum absolute atomic E-state index is 6.50. The van der Waals surface area contributed by atoms with Crippen molar-refractivity contribution < 1.29 is 0 Å². The van der Waals surface area contributed by atoms with Crippen LogP contribution in [0.25, 0.3) is 0 Å². The lowest BCUT2D eigenvalue weighted by Crippen LogP contribution is -2.21. The molecule has 0 unspecified atom stereocenters. The molecule has 0 radical (unpaired) electrons. The molecule has 2 aromatic carbocycles. The molecule has 2 rings (SSSR count). The highest BCUT2D eigenvalue weighted by atomic mass is 35.5. The van der Waals surface area contributed by atoms with Crippen LogP contribution >= 0.6 is 11.6 Å². The average Bonchev–Trinajstić information content (AvgIpc) is 2.52. The van der Waals surface area contributed by atoms with Gasteiger partial charge in [0.05, 0.1) is 10.7 Å². The average molecular weight is 303 g/mol. The summed E-state index contributed by atoms with van der Waals surface area (Å²) in [5.74, 6) is 0. The number of halogens is 1. The molecule has 1 N–H and O–H groups in total. The summed E-state index contributed by atoms with van der Waals surface area (Å²) in [7, 11) is 0. The highest BCUT2D eigenvalue weighted by Crippen LogP contribution is 2.34. The smallest absolute Gasteiger partial charge is 0.0646 e. The van der Waals surface area contributed by atoms with E-state index in [1.165, 1.54) is 11.3 Å². The Morgan fingerprint density at radius 2 is 1.76 bits per heavy atom. The van der Waals surface area contributed by atoms with E-state index in [1.807, 2.05) is 18.2 Å². The number of para-hydroxylation sites is 2. The first-order valence-electron chi connectivity index (χ1n) is 7.58. The zero-order valence-corrected chi connectivity index (χ0v) is 13.5. The molecule has 0 bridgehead atoms. The van der Waals surface area contributed by atoms with Crippen molar-refractivity contribution in [1.82, 2.24) is 5.32 Å². The summed E-state index contributed by atoms with van der Waals surface area (Å²) in [6.07, 6.45) is 1.13. The van der Waals surface area contributed by atoms with Crippen molar-refractivity contribution in [2.24, 2.45) is 0 Å². The van der Waals surface area contributed by atoms with Gasteiger partial charge < -0.3 is 10.2 Å². The fourth-order valence-corrected chi connectivity index (χ4v) is 2.78. The monoisotopic (exact) mass is 302 g/mol. The standard InChI is InChI=1S/C18H23ClN2/c1-3-13-20-14-15-9-8-12-17(19)18(15)21(4-2)16-10-6-5-7-11-16/h5-12,20H,3-4,13-14H2,1-2H3. The van der Waals surface area contributed by atoms with Crippen molar-refractivity contribution in [3.05, 3.63) is 59.1 Å². The van der Waals surface area contributed by atoms with Gasteiger partial charge >= 0.3 is 0 Å². The Labute approximate surface area is 132 Å². The minimum atomic E-state index is 0.802. The first-order chi connectivity index (χ1) is 10.3. The third-order valence-electron chi connectivity index (χ3n) is 3.47. The molecule has 0 aromatic heterocycles. The highest BCUT2D eigenvalue weighted by molar-refractivity contribution is 6.33. The van der Waals surface area contributed by atoms with Crippen LogP contribution in [0.2, 0.25) is 5.02 Å². The van der Waals surface area contributed by atoms with E-state index in [9.17, 15) is 0 Å². The first-order valence-corrected chi connectivity index (χ1v) is 7.96. The van der Waals surface area contributed by atoms with Crippen molar-refractivity contribution in [2.75, 3.05) is 18.0 Å².